The summed E-state index contributed by atoms with van der Waals surface area (Å²) in [6, 6.07) is 13.5. The number of aryl methyl sites for hydroxylation is 1. The van der Waals surface area contributed by atoms with Gasteiger partial charge < -0.3 is 5.32 Å². The summed E-state index contributed by atoms with van der Waals surface area (Å²) in [6.45, 7) is 2.00. The molecule has 1 aromatic heterocycles. The van der Waals surface area contributed by atoms with Crippen molar-refractivity contribution in [2.75, 3.05) is 0 Å². The second kappa shape index (κ2) is 8.66. The van der Waals surface area contributed by atoms with Crippen LogP contribution < -0.4 is 10.6 Å². The van der Waals surface area contributed by atoms with Crippen molar-refractivity contribution in [3.63, 3.8) is 0 Å². The van der Waals surface area contributed by atoms with Crippen molar-refractivity contribution < 1.29 is 14.0 Å². The quantitative estimate of drug-likeness (QED) is 0.593. The van der Waals surface area contributed by atoms with Crippen molar-refractivity contribution in [3.8, 4) is 5.69 Å². The van der Waals surface area contributed by atoms with Gasteiger partial charge >= 0.3 is 6.03 Å². The molecule has 1 fully saturated rings. The van der Waals surface area contributed by atoms with E-state index in [1.807, 2.05) is 35.8 Å². The molecule has 30 heavy (non-hydrogen) atoms. The summed E-state index contributed by atoms with van der Waals surface area (Å²) < 4.78 is 15.1. The van der Waals surface area contributed by atoms with Crippen LogP contribution in [0.25, 0.3) is 5.69 Å². The number of hydrogen-bond donors (Lipinski definition) is 2. The number of halogens is 1. The summed E-state index contributed by atoms with van der Waals surface area (Å²) in [6.07, 6.45) is 0.557. The molecule has 1 saturated heterocycles. The Kier molecular flexibility index (Phi) is 5.80. The molecule has 3 aromatic rings. The number of carbonyl (C=O) groups is 2. The summed E-state index contributed by atoms with van der Waals surface area (Å²) >= 11 is 1.49. The van der Waals surface area contributed by atoms with Gasteiger partial charge in [0.25, 0.3) is 0 Å². The van der Waals surface area contributed by atoms with Crippen molar-refractivity contribution in [1.82, 2.24) is 25.4 Å². The average molecular weight is 425 g/mol. The molecule has 2 N–H and O–H groups in total. The maximum Gasteiger partial charge on any atom is 0.321 e. The molecule has 1 aliphatic rings. The van der Waals surface area contributed by atoms with E-state index in [2.05, 4.69) is 20.8 Å². The summed E-state index contributed by atoms with van der Waals surface area (Å²) in [4.78, 5) is 23.4. The summed E-state index contributed by atoms with van der Waals surface area (Å²) in [5.41, 5.74) is 2.97. The van der Waals surface area contributed by atoms with E-state index in [-0.39, 0.29) is 24.2 Å². The average Bonchev–Trinajstić information content (AvgIpc) is 3.09. The van der Waals surface area contributed by atoms with Gasteiger partial charge in [0.15, 0.2) is 5.16 Å². The summed E-state index contributed by atoms with van der Waals surface area (Å²) in [5, 5.41) is 14.4. The Morgan fingerprint density at radius 2 is 1.97 bits per heavy atom. The number of hydrogen-bond acceptors (Lipinski definition) is 5. The number of imide groups is 1. The van der Waals surface area contributed by atoms with Crippen molar-refractivity contribution in [3.05, 3.63) is 71.3 Å². The minimum atomic E-state index is -0.497. The molecular formula is C21H20FN5O2S. The molecule has 7 nitrogen and oxygen atoms in total. The van der Waals surface area contributed by atoms with Gasteiger partial charge in [-0.1, -0.05) is 36.0 Å². The largest absolute Gasteiger partial charge is 0.334 e. The topological polar surface area (TPSA) is 88.9 Å². The molecular weight excluding hydrogens is 405 g/mol. The molecule has 9 heteroatoms. The maximum absolute atomic E-state index is 13.2. The zero-order valence-electron chi connectivity index (χ0n) is 16.3. The van der Waals surface area contributed by atoms with Crippen LogP contribution >= 0.6 is 11.8 Å². The van der Waals surface area contributed by atoms with E-state index in [1.165, 1.54) is 23.9 Å². The number of aromatic nitrogens is 3. The fraction of sp³-hybridized carbons (Fsp3) is 0.238. The first-order valence-corrected chi connectivity index (χ1v) is 10.5. The number of nitrogens with zero attached hydrogens (tertiary/aromatic N) is 3. The first kappa shape index (κ1) is 20.1. The van der Waals surface area contributed by atoms with E-state index in [9.17, 15) is 14.0 Å². The molecule has 0 aliphatic carbocycles. The number of amides is 3. The molecule has 2 heterocycles. The Morgan fingerprint density at radius 3 is 2.70 bits per heavy atom. The van der Waals surface area contributed by atoms with E-state index in [0.29, 0.717) is 23.2 Å². The number of carbonyl (C=O) groups excluding carboxylic acids is 2. The summed E-state index contributed by atoms with van der Waals surface area (Å²) in [5.74, 6) is 0.679. The van der Waals surface area contributed by atoms with Crippen LogP contribution in [0.1, 0.15) is 23.4 Å². The molecule has 0 spiro atoms. The van der Waals surface area contributed by atoms with Gasteiger partial charge in [0.1, 0.15) is 11.6 Å². The van der Waals surface area contributed by atoms with E-state index in [4.69, 9.17) is 0 Å². The van der Waals surface area contributed by atoms with Gasteiger partial charge in [-0.25, -0.2) is 9.18 Å². The normalized spacial score (nSPS) is 16.3. The second-order valence-electron chi connectivity index (χ2n) is 7.12. The first-order chi connectivity index (χ1) is 14.5. The lowest BCUT2D eigenvalue weighted by molar-refractivity contribution is -0.121. The Labute approximate surface area is 177 Å². The highest BCUT2D eigenvalue weighted by Gasteiger charge is 2.26. The van der Waals surface area contributed by atoms with Crippen molar-refractivity contribution >= 4 is 23.7 Å². The van der Waals surface area contributed by atoms with Crippen LogP contribution in [-0.2, 0) is 17.0 Å². The number of benzene rings is 2. The van der Waals surface area contributed by atoms with Crippen LogP contribution in [0, 0.1) is 12.7 Å². The molecule has 4 rings (SSSR count). The predicted molar refractivity (Wildman–Crippen MR) is 111 cm³/mol. The summed E-state index contributed by atoms with van der Waals surface area (Å²) in [7, 11) is 0. The lowest BCUT2D eigenvalue weighted by Gasteiger charge is -2.23. The third-order valence-electron chi connectivity index (χ3n) is 4.69. The van der Waals surface area contributed by atoms with E-state index in [1.54, 1.807) is 12.1 Å². The zero-order chi connectivity index (χ0) is 21.1. The van der Waals surface area contributed by atoms with Gasteiger partial charge in [0.05, 0.1) is 0 Å². The van der Waals surface area contributed by atoms with Crippen LogP contribution in [0.5, 0.6) is 0 Å². The van der Waals surface area contributed by atoms with Gasteiger partial charge in [-0.2, -0.15) is 0 Å². The minimum absolute atomic E-state index is 0.185. The first-order valence-electron chi connectivity index (χ1n) is 9.47. The molecule has 1 unspecified atom stereocenters. The zero-order valence-corrected chi connectivity index (χ0v) is 17.1. The SMILES string of the molecule is Cc1cccc(-n2c(CC3CC(=O)NC(=O)N3)nnc2SCc2ccc(F)cc2)c1. The Hall–Kier alpha value is -3.20. The Morgan fingerprint density at radius 1 is 1.17 bits per heavy atom. The molecule has 2 aromatic carbocycles. The highest BCUT2D eigenvalue weighted by atomic mass is 32.2. The van der Waals surface area contributed by atoms with Crippen LogP contribution in [0.2, 0.25) is 0 Å². The van der Waals surface area contributed by atoms with Crippen LogP contribution in [0.3, 0.4) is 0 Å². The molecule has 0 radical (unpaired) electrons. The molecule has 3 amide bonds. The van der Waals surface area contributed by atoms with Gasteiger partial charge in [-0.15, -0.1) is 10.2 Å². The molecule has 154 valence electrons. The minimum Gasteiger partial charge on any atom is -0.334 e. The lowest BCUT2D eigenvalue weighted by Crippen LogP contribution is -2.53. The van der Waals surface area contributed by atoms with Crippen LogP contribution in [0.15, 0.2) is 53.7 Å². The number of rotatable bonds is 6. The van der Waals surface area contributed by atoms with Gasteiger partial charge in [0.2, 0.25) is 5.91 Å². The second-order valence-corrected chi connectivity index (χ2v) is 8.06. The smallest absolute Gasteiger partial charge is 0.321 e. The highest BCUT2D eigenvalue weighted by molar-refractivity contribution is 7.98. The molecule has 1 aliphatic heterocycles. The third-order valence-corrected chi connectivity index (χ3v) is 5.69. The molecule has 1 atom stereocenters. The van der Waals surface area contributed by atoms with Crippen molar-refractivity contribution in [1.29, 1.82) is 0 Å². The fourth-order valence-corrected chi connectivity index (χ4v) is 4.23. The maximum atomic E-state index is 13.2. The lowest BCUT2D eigenvalue weighted by atomic mass is 10.1. The Balaban J connectivity index is 1.62. The third kappa shape index (κ3) is 4.68. The van der Waals surface area contributed by atoms with Gasteiger partial charge in [-0.3, -0.25) is 14.7 Å². The van der Waals surface area contributed by atoms with Crippen molar-refractivity contribution in [2.45, 2.75) is 36.7 Å². The number of nitrogens with one attached hydrogen (secondary N) is 2. The number of thioether (sulfide) groups is 1. The van der Waals surface area contributed by atoms with E-state index in [0.717, 1.165) is 16.8 Å². The highest BCUT2D eigenvalue weighted by Crippen LogP contribution is 2.26. The van der Waals surface area contributed by atoms with Crippen LogP contribution in [0.4, 0.5) is 9.18 Å². The van der Waals surface area contributed by atoms with Gasteiger partial charge in [0, 0.05) is 30.3 Å². The Bertz CT molecular complexity index is 1070. The molecule has 0 bridgehead atoms. The predicted octanol–water partition coefficient (Wildman–Crippen LogP) is 3.15. The number of urea groups is 1. The van der Waals surface area contributed by atoms with E-state index >= 15 is 0 Å². The monoisotopic (exact) mass is 425 g/mol. The van der Waals surface area contributed by atoms with Gasteiger partial charge in [-0.05, 0) is 42.3 Å². The van der Waals surface area contributed by atoms with Crippen molar-refractivity contribution in [2.24, 2.45) is 0 Å². The fourth-order valence-electron chi connectivity index (χ4n) is 3.30. The standard InChI is InChI=1S/C21H20FN5O2S/c1-13-3-2-4-17(9-13)27-18(10-16-11-19(28)24-20(29)23-16)25-26-21(27)30-12-14-5-7-15(22)8-6-14/h2-9,16H,10-12H2,1H3,(H2,23,24,28,29). The van der Waals surface area contributed by atoms with Crippen LogP contribution in [-0.4, -0.2) is 32.7 Å². The van der Waals surface area contributed by atoms with E-state index < -0.39 is 6.03 Å². The molecule has 0 saturated carbocycles.